The van der Waals surface area contributed by atoms with Crippen molar-refractivity contribution in [1.82, 2.24) is 19.8 Å². The number of rotatable bonds is 7. The normalized spacial score (nSPS) is 18.3. The van der Waals surface area contributed by atoms with Gasteiger partial charge in [-0.05, 0) is 43.2 Å². The van der Waals surface area contributed by atoms with Gasteiger partial charge in [0.15, 0.2) is 0 Å². The molecule has 0 saturated carbocycles. The Morgan fingerprint density at radius 3 is 2.57 bits per heavy atom. The van der Waals surface area contributed by atoms with Gasteiger partial charge in [0.25, 0.3) is 5.91 Å². The molecule has 37 heavy (non-hydrogen) atoms. The zero-order valence-corrected chi connectivity index (χ0v) is 21.8. The van der Waals surface area contributed by atoms with E-state index in [9.17, 15) is 14.7 Å². The van der Waals surface area contributed by atoms with Crippen LogP contribution < -0.4 is 4.74 Å². The van der Waals surface area contributed by atoms with Crippen molar-refractivity contribution in [3.8, 4) is 17.0 Å². The number of ether oxygens (including phenoxy) is 1. The quantitative estimate of drug-likeness (QED) is 0.532. The van der Waals surface area contributed by atoms with Crippen molar-refractivity contribution in [2.45, 2.75) is 39.3 Å². The summed E-state index contributed by atoms with van der Waals surface area (Å²) in [6, 6.07) is 13.1. The van der Waals surface area contributed by atoms with Crippen molar-refractivity contribution < 1.29 is 19.4 Å². The summed E-state index contributed by atoms with van der Waals surface area (Å²) in [5.41, 5.74) is 4.14. The lowest BCUT2D eigenvalue weighted by Gasteiger charge is -2.37. The summed E-state index contributed by atoms with van der Waals surface area (Å²) >= 11 is 0. The van der Waals surface area contributed by atoms with Gasteiger partial charge in [-0.3, -0.25) is 14.6 Å². The molecule has 0 saturated heterocycles. The van der Waals surface area contributed by atoms with Crippen LogP contribution in [0.5, 0.6) is 5.88 Å². The number of aromatic nitrogens is 2. The summed E-state index contributed by atoms with van der Waals surface area (Å²) in [6.45, 7) is 6.39. The molecular weight excluding hydrogens is 468 g/mol. The number of aliphatic hydroxyl groups excluding tert-OH is 1. The van der Waals surface area contributed by atoms with Crippen molar-refractivity contribution >= 4 is 11.8 Å². The molecular formula is C29H34N4O4. The Bertz CT molecular complexity index is 1230. The van der Waals surface area contributed by atoms with Crippen LogP contribution in [-0.2, 0) is 11.2 Å². The van der Waals surface area contributed by atoms with Gasteiger partial charge in [0.05, 0.1) is 25.6 Å². The molecule has 8 nitrogen and oxygen atoms in total. The molecule has 2 aromatic heterocycles. The van der Waals surface area contributed by atoms with Gasteiger partial charge in [-0.2, -0.15) is 0 Å². The van der Waals surface area contributed by atoms with E-state index in [1.54, 1.807) is 41.5 Å². The first-order valence-corrected chi connectivity index (χ1v) is 12.5. The van der Waals surface area contributed by atoms with Gasteiger partial charge >= 0.3 is 0 Å². The van der Waals surface area contributed by atoms with Crippen LogP contribution in [0.3, 0.4) is 0 Å². The van der Waals surface area contributed by atoms with Crippen molar-refractivity contribution in [2.24, 2.45) is 5.92 Å². The van der Waals surface area contributed by atoms with E-state index in [0.29, 0.717) is 18.7 Å². The zero-order chi connectivity index (χ0) is 26.5. The highest BCUT2D eigenvalue weighted by molar-refractivity contribution is 5.98. The van der Waals surface area contributed by atoms with Crippen LogP contribution in [-0.4, -0.2) is 75.6 Å². The third kappa shape index (κ3) is 6.14. The van der Waals surface area contributed by atoms with Crippen molar-refractivity contribution in [3.63, 3.8) is 0 Å². The minimum atomic E-state index is -0.399. The maximum atomic E-state index is 13.6. The van der Waals surface area contributed by atoms with Crippen LogP contribution in [0.4, 0.5) is 0 Å². The maximum absolute atomic E-state index is 13.6. The third-order valence-corrected chi connectivity index (χ3v) is 6.89. The molecule has 1 aromatic carbocycles. The number of likely N-dealkylation sites (N-methyl/N-ethyl adjacent to an activating group) is 1. The smallest absolute Gasteiger partial charge is 0.259 e. The van der Waals surface area contributed by atoms with Gasteiger partial charge < -0.3 is 19.6 Å². The van der Waals surface area contributed by atoms with E-state index >= 15 is 0 Å². The molecule has 194 valence electrons. The molecule has 3 atom stereocenters. The van der Waals surface area contributed by atoms with E-state index in [2.05, 4.69) is 9.97 Å². The Morgan fingerprint density at radius 1 is 1.19 bits per heavy atom. The van der Waals surface area contributed by atoms with Gasteiger partial charge in [0.1, 0.15) is 11.7 Å². The Hall–Kier alpha value is -3.78. The molecule has 0 fully saturated rings. The molecule has 4 rings (SSSR count). The summed E-state index contributed by atoms with van der Waals surface area (Å²) < 4.78 is 6.34. The number of aryl methyl sites for hydroxylation is 1. The highest BCUT2D eigenvalue weighted by Gasteiger charge is 2.34. The highest BCUT2D eigenvalue weighted by atomic mass is 16.5. The Morgan fingerprint density at radius 2 is 1.89 bits per heavy atom. The number of amides is 2. The number of fused-ring (bicyclic) bond motifs is 1. The number of hydrogen-bond acceptors (Lipinski definition) is 6. The average Bonchev–Trinajstić information content (AvgIpc) is 2.91. The molecule has 3 heterocycles. The number of benzene rings is 1. The summed E-state index contributed by atoms with van der Waals surface area (Å²) in [4.78, 5) is 38.5. The first-order valence-electron chi connectivity index (χ1n) is 12.5. The van der Waals surface area contributed by atoms with Gasteiger partial charge in [-0.25, -0.2) is 4.98 Å². The van der Waals surface area contributed by atoms with E-state index in [1.807, 2.05) is 57.2 Å². The minimum Gasteiger partial charge on any atom is -0.472 e. The van der Waals surface area contributed by atoms with E-state index < -0.39 is 6.10 Å². The molecule has 0 aliphatic carbocycles. The second kappa shape index (κ2) is 11.5. The molecule has 1 N–H and O–H groups in total. The molecule has 8 heteroatoms. The number of nitrogens with zero attached hydrogens (tertiary/aromatic N) is 4. The number of carbonyl (C=O) groups is 2. The highest BCUT2D eigenvalue weighted by Crippen LogP contribution is 2.30. The average molecular weight is 503 g/mol. The maximum Gasteiger partial charge on any atom is 0.259 e. The molecule has 2 amide bonds. The first kappa shape index (κ1) is 26.3. The van der Waals surface area contributed by atoms with Crippen LogP contribution in [0.15, 0.2) is 61.1 Å². The molecule has 0 radical (unpaired) electrons. The fourth-order valence-electron chi connectivity index (χ4n) is 4.41. The van der Waals surface area contributed by atoms with Crippen molar-refractivity contribution in [3.05, 3.63) is 77.7 Å². The van der Waals surface area contributed by atoms with Crippen molar-refractivity contribution in [1.29, 1.82) is 0 Å². The molecule has 1 aliphatic heterocycles. The SMILES string of the molecule is Cc1ccc(-c2cnc3c(c2)C(=O)N([C@H](C)CO)C[C@@H](C)[C@H](CN(C)C(=O)Cc2ccncc2)O3)cc1. The van der Waals surface area contributed by atoms with Crippen LogP contribution >= 0.6 is 0 Å². The van der Waals surface area contributed by atoms with E-state index in [4.69, 9.17) is 4.74 Å². The van der Waals surface area contributed by atoms with Crippen molar-refractivity contribution in [2.75, 3.05) is 26.7 Å². The fraction of sp³-hybridized carbons (Fsp3) is 0.379. The molecule has 0 bridgehead atoms. The summed E-state index contributed by atoms with van der Waals surface area (Å²) in [7, 11) is 1.76. The van der Waals surface area contributed by atoms with Crippen LogP contribution in [0.1, 0.15) is 35.3 Å². The molecule has 0 unspecified atom stereocenters. The molecule has 1 aliphatic rings. The molecule has 0 spiro atoms. The Kier molecular flexibility index (Phi) is 8.18. The van der Waals surface area contributed by atoms with Gasteiger partial charge in [-0.1, -0.05) is 36.8 Å². The predicted molar refractivity (Wildman–Crippen MR) is 141 cm³/mol. The summed E-state index contributed by atoms with van der Waals surface area (Å²) in [5, 5.41) is 9.89. The lowest BCUT2D eigenvalue weighted by Crippen LogP contribution is -2.50. The number of aliphatic hydroxyl groups is 1. The summed E-state index contributed by atoms with van der Waals surface area (Å²) in [5.74, 6) is -0.141. The second-order valence-corrected chi connectivity index (χ2v) is 9.87. The van der Waals surface area contributed by atoms with Gasteiger partial charge in [0, 0.05) is 43.7 Å². The van der Waals surface area contributed by atoms with E-state index in [0.717, 1.165) is 22.3 Å². The van der Waals surface area contributed by atoms with Crippen LogP contribution in [0, 0.1) is 12.8 Å². The van der Waals surface area contributed by atoms with Crippen LogP contribution in [0.25, 0.3) is 11.1 Å². The standard InChI is InChI=1S/C29H34N4O4/c1-19-5-7-23(8-6-19)24-14-25-28(31-15-24)37-26(20(2)16-33(29(25)36)21(3)18-34)17-32(4)27(35)13-22-9-11-30-12-10-22/h5-12,14-15,20-21,26,34H,13,16-18H2,1-4H3/t20-,21-,26+/m1/s1. The minimum absolute atomic E-state index is 0.0383. The Balaban J connectivity index is 1.63. The monoisotopic (exact) mass is 502 g/mol. The summed E-state index contributed by atoms with van der Waals surface area (Å²) in [6.07, 6.45) is 4.91. The first-order chi connectivity index (χ1) is 17.8. The zero-order valence-electron chi connectivity index (χ0n) is 21.8. The fourth-order valence-corrected chi connectivity index (χ4v) is 4.41. The Labute approximate surface area is 217 Å². The predicted octanol–water partition coefficient (Wildman–Crippen LogP) is 3.37. The largest absolute Gasteiger partial charge is 0.472 e. The number of carbonyl (C=O) groups excluding carboxylic acids is 2. The third-order valence-electron chi connectivity index (χ3n) is 6.89. The second-order valence-electron chi connectivity index (χ2n) is 9.87. The van der Waals surface area contributed by atoms with Gasteiger partial charge in [-0.15, -0.1) is 0 Å². The number of pyridine rings is 2. The lowest BCUT2D eigenvalue weighted by molar-refractivity contribution is -0.130. The van der Waals surface area contributed by atoms with E-state index in [-0.39, 0.29) is 42.7 Å². The van der Waals surface area contributed by atoms with Gasteiger partial charge in [0.2, 0.25) is 11.8 Å². The number of hydrogen-bond donors (Lipinski definition) is 1. The van der Waals surface area contributed by atoms with E-state index in [1.165, 1.54) is 0 Å². The lowest BCUT2D eigenvalue weighted by atomic mass is 9.99. The molecule has 3 aromatic rings. The van der Waals surface area contributed by atoms with Crippen LogP contribution in [0.2, 0.25) is 0 Å². The topological polar surface area (TPSA) is 95.9 Å².